The molecule has 0 radical (unpaired) electrons. The van der Waals surface area contributed by atoms with Gasteiger partial charge in [-0.3, -0.25) is 4.79 Å². The highest BCUT2D eigenvalue weighted by Gasteiger charge is 2.36. The van der Waals surface area contributed by atoms with Gasteiger partial charge in [-0.25, -0.2) is 0 Å². The van der Waals surface area contributed by atoms with Gasteiger partial charge in [0, 0.05) is 19.5 Å². The zero-order chi connectivity index (χ0) is 20.7. The maximum Gasteiger partial charge on any atom is 0.225 e. The number of nitrogens with two attached hydrogens (primary N) is 1. The minimum absolute atomic E-state index is 0.0262. The standard InChI is InChI=1S/C24H32N2O3/c1-24(2)28-21(13-14-25)15-22(29-24)16-23(27)26(17-19-9-5-3-6-10-19)18-20-11-7-4-8-12-20/h3-12,21-22H,13-18,25H2,1-2H3/t21-,22-/m1/s1. The van der Waals surface area contributed by atoms with E-state index in [4.69, 9.17) is 15.2 Å². The van der Waals surface area contributed by atoms with Gasteiger partial charge in [0.15, 0.2) is 5.79 Å². The fourth-order valence-corrected chi connectivity index (χ4v) is 3.87. The number of carbonyl (C=O) groups is 1. The Morgan fingerprint density at radius 2 is 1.48 bits per heavy atom. The predicted molar refractivity (Wildman–Crippen MR) is 114 cm³/mol. The van der Waals surface area contributed by atoms with Crippen molar-refractivity contribution in [1.82, 2.24) is 4.90 Å². The molecule has 156 valence electrons. The lowest BCUT2D eigenvalue weighted by Gasteiger charge is -2.41. The number of benzene rings is 2. The first kappa shape index (κ1) is 21.5. The average Bonchev–Trinajstić information content (AvgIpc) is 2.68. The molecule has 1 aliphatic rings. The zero-order valence-corrected chi connectivity index (χ0v) is 17.4. The van der Waals surface area contributed by atoms with Crippen LogP contribution in [-0.2, 0) is 27.4 Å². The number of carbonyl (C=O) groups excluding carboxylic acids is 1. The van der Waals surface area contributed by atoms with E-state index in [2.05, 4.69) is 24.3 Å². The van der Waals surface area contributed by atoms with Gasteiger partial charge in [0.2, 0.25) is 5.91 Å². The number of hydrogen-bond acceptors (Lipinski definition) is 4. The van der Waals surface area contributed by atoms with Crippen LogP contribution in [0.2, 0.25) is 0 Å². The molecule has 0 saturated carbocycles. The molecule has 2 aromatic rings. The third kappa shape index (κ3) is 6.67. The van der Waals surface area contributed by atoms with Gasteiger partial charge in [-0.15, -0.1) is 0 Å². The minimum atomic E-state index is -0.702. The summed E-state index contributed by atoms with van der Waals surface area (Å²) in [7, 11) is 0. The molecule has 0 spiro atoms. The second-order valence-electron chi connectivity index (χ2n) is 8.12. The van der Waals surface area contributed by atoms with E-state index >= 15 is 0 Å². The molecule has 2 N–H and O–H groups in total. The first-order valence-electron chi connectivity index (χ1n) is 10.4. The Balaban J connectivity index is 1.71. The third-order valence-electron chi connectivity index (χ3n) is 5.10. The maximum atomic E-state index is 13.3. The number of nitrogens with zero attached hydrogens (tertiary/aromatic N) is 1. The molecule has 1 fully saturated rings. The molecule has 5 nitrogen and oxygen atoms in total. The summed E-state index contributed by atoms with van der Waals surface area (Å²) < 4.78 is 12.0. The quantitative estimate of drug-likeness (QED) is 0.736. The van der Waals surface area contributed by atoms with Gasteiger partial charge < -0.3 is 20.1 Å². The molecule has 0 aliphatic carbocycles. The third-order valence-corrected chi connectivity index (χ3v) is 5.10. The lowest BCUT2D eigenvalue weighted by molar-refractivity contribution is -0.299. The molecule has 1 amide bonds. The Kier molecular flexibility index (Phi) is 7.42. The van der Waals surface area contributed by atoms with Crippen LogP contribution in [0.25, 0.3) is 0 Å². The van der Waals surface area contributed by atoms with Crippen molar-refractivity contribution in [2.75, 3.05) is 6.54 Å². The van der Waals surface area contributed by atoms with Crippen molar-refractivity contribution in [3.8, 4) is 0 Å². The summed E-state index contributed by atoms with van der Waals surface area (Å²) in [6.07, 6.45) is 1.66. The van der Waals surface area contributed by atoms with Crippen LogP contribution in [0, 0.1) is 0 Å². The fraction of sp³-hybridized carbons (Fsp3) is 0.458. The molecule has 29 heavy (non-hydrogen) atoms. The SMILES string of the molecule is CC1(C)O[C@H](CCN)C[C@H](CC(=O)N(Cc2ccccc2)Cc2ccccc2)O1. The topological polar surface area (TPSA) is 64.8 Å². The van der Waals surface area contributed by atoms with Crippen molar-refractivity contribution in [3.05, 3.63) is 71.8 Å². The van der Waals surface area contributed by atoms with E-state index in [9.17, 15) is 4.79 Å². The van der Waals surface area contributed by atoms with Gasteiger partial charge >= 0.3 is 0 Å². The molecule has 1 heterocycles. The van der Waals surface area contributed by atoms with E-state index in [1.54, 1.807) is 0 Å². The summed E-state index contributed by atoms with van der Waals surface area (Å²) in [5.41, 5.74) is 7.95. The maximum absolute atomic E-state index is 13.3. The van der Waals surface area contributed by atoms with Crippen molar-refractivity contribution >= 4 is 5.91 Å². The number of amides is 1. The second-order valence-corrected chi connectivity index (χ2v) is 8.12. The van der Waals surface area contributed by atoms with Gasteiger partial charge in [0.1, 0.15) is 0 Å². The van der Waals surface area contributed by atoms with Crippen LogP contribution in [0.15, 0.2) is 60.7 Å². The largest absolute Gasteiger partial charge is 0.347 e. The van der Waals surface area contributed by atoms with Crippen LogP contribution in [0.1, 0.15) is 44.2 Å². The summed E-state index contributed by atoms with van der Waals surface area (Å²) in [6.45, 7) is 5.52. The zero-order valence-electron chi connectivity index (χ0n) is 17.4. The van der Waals surface area contributed by atoms with Gasteiger partial charge in [-0.05, 0) is 37.9 Å². The molecule has 2 atom stereocenters. The van der Waals surface area contributed by atoms with Gasteiger partial charge in [-0.1, -0.05) is 60.7 Å². The number of rotatable bonds is 8. The number of hydrogen-bond donors (Lipinski definition) is 1. The lowest BCUT2D eigenvalue weighted by atomic mass is 10.0. The molecule has 2 aromatic carbocycles. The smallest absolute Gasteiger partial charge is 0.225 e. The van der Waals surface area contributed by atoms with E-state index in [-0.39, 0.29) is 18.1 Å². The second kappa shape index (κ2) is 10.0. The van der Waals surface area contributed by atoms with Crippen LogP contribution in [0.3, 0.4) is 0 Å². The van der Waals surface area contributed by atoms with Crippen molar-refractivity contribution in [2.24, 2.45) is 5.73 Å². The Hall–Kier alpha value is -2.21. The van der Waals surface area contributed by atoms with Crippen molar-refractivity contribution in [1.29, 1.82) is 0 Å². The highest BCUT2D eigenvalue weighted by atomic mass is 16.7. The summed E-state index contributed by atoms with van der Waals surface area (Å²) in [4.78, 5) is 15.2. The highest BCUT2D eigenvalue weighted by Crippen LogP contribution is 2.30. The monoisotopic (exact) mass is 396 g/mol. The molecular weight excluding hydrogens is 364 g/mol. The number of ether oxygens (including phenoxy) is 2. The normalized spacial score (nSPS) is 20.9. The average molecular weight is 397 g/mol. The molecule has 3 rings (SSSR count). The van der Waals surface area contributed by atoms with Gasteiger partial charge in [-0.2, -0.15) is 0 Å². The van der Waals surface area contributed by atoms with Crippen LogP contribution in [-0.4, -0.2) is 35.3 Å². The van der Waals surface area contributed by atoms with E-state index in [1.165, 1.54) is 0 Å². The Morgan fingerprint density at radius 3 is 2.00 bits per heavy atom. The van der Waals surface area contributed by atoms with Crippen LogP contribution < -0.4 is 5.73 Å². The summed E-state index contributed by atoms with van der Waals surface area (Å²) in [5.74, 6) is -0.612. The Labute approximate surface area is 173 Å². The highest BCUT2D eigenvalue weighted by molar-refractivity contribution is 5.76. The van der Waals surface area contributed by atoms with Crippen molar-refractivity contribution in [3.63, 3.8) is 0 Å². The predicted octanol–water partition coefficient (Wildman–Crippen LogP) is 3.86. The molecule has 0 unspecified atom stereocenters. The minimum Gasteiger partial charge on any atom is -0.347 e. The summed E-state index contributed by atoms with van der Waals surface area (Å²) in [6, 6.07) is 20.2. The van der Waals surface area contributed by atoms with Crippen LogP contribution >= 0.6 is 0 Å². The van der Waals surface area contributed by atoms with E-state index in [0.29, 0.717) is 32.5 Å². The van der Waals surface area contributed by atoms with E-state index in [1.807, 2.05) is 55.1 Å². The Bertz CT molecular complexity index is 723. The summed E-state index contributed by atoms with van der Waals surface area (Å²) in [5, 5.41) is 0. The van der Waals surface area contributed by atoms with Gasteiger partial charge in [0.25, 0.3) is 0 Å². The summed E-state index contributed by atoms with van der Waals surface area (Å²) >= 11 is 0. The molecule has 0 bridgehead atoms. The van der Waals surface area contributed by atoms with Crippen LogP contribution in [0.5, 0.6) is 0 Å². The fourth-order valence-electron chi connectivity index (χ4n) is 3.87. The molecule has 1 saturated heterocycles. The molecule has 5 heteroatoms. The molecule has 1 aliphatic heterocycles. The van der Waals surface area contributed by atoms with Crippen LogP contribution in [0.4, 0.5) is 0 Å². The first-order valence-corrected chi connectivity index (χ1v) is 10.4. The van der Waals surface area contributed by atoms with E-state index in [0.717, 1.165) is 17.5 Å². The first-order chi connectivity index (χ1) is 13.9. The van der Waals surface area contributed by atoms with Gasteiger partial charge in [0.05, 0.1) is 18.6 Å². The lowest BCUT2D eigenvalue weighted by Crippen LogP contribution is -2.47. The van der Waals surface area contributed by atoms with Crippen molar-refractivity contribution in [2.45, 2.75) is 64.2 Å². The molecular formula is C24H32N2O3. The molecule has 0 aromatic heterocycles. The van der Waals surface area contributed by atoms with Crippen molar-refractivity contribution < 1.29 is 14.3 Å². The van der Waals surface area contributed by atoms with E-state index < -0.39 is 5.79 Å². The Morgan fingerprint density at radius 1 is 0.966 bits per heavy atom.